The Morgan fingerprint density at radius 1 is 1.28 bits per heavy atom. The Bertz CT molecular complexity index is 633. The number of rotatable bonds is 2. The molecule has 6 nitrogen and oxygen atoms in total. The summed E-state index contributed by atoms with van der Waals surface area (Å²) in [6.45, 7) is 0. The van der Waals surface area contributed by atoms with Gasteiger partial charge in [-0.3, -0.25) is 4.55 Å². The maximum absolute atomic E-state index is 12.8. The van der Waals surface area contributed by atoms with E-state index < -0.39 is 32.4 Å². The number of nitrogens with zero attached hydrogens (tertiary/aromatic N) is 2. The Kier molecular flexibility index (Phi) is 2.42. The van der Waals surface area contributed by atoms with Crippen LogP contribution in [0.25, 0.3) is 0 Å². The molecule has 1 aromatic rings. The summed E-state index contributed by atoms with van der Waals surface area (Å²) in [6.07, 6.45) is -4.90. The molecule has 2 rings (SSSR count). The number of anilines is 1. The zero-order chi connectivity index (χ0) is 13.8. The summed E-state index contributed by atoms with van der Waals surface area (Å²) in [5.41, 5.74) is 1.45. The predicted molar refractivity (Wildman–Crippen MR) is 53.3 cm³/mol. The van der Waals surface area contributed by atoms with Crippen molar-refractivity contribution in [1.29, 1.82) is 0 Å². The maximum atomic E-state index is 12.8. The number of hydrogen-bond acceptors (Lipinski definition) is 5. The SMILES string of the molecule is Nc1ccc(S(=O)(=O)O)c(C2(C(F)(F)F)N=N2)c1. The molecule has 0 fully saturated rings. The number of nitrogens with two attached hydrogens (primary N) is 1. The molecule has 1 aliphatic rings. The van der Waals surface area contributed by atoms with E-state index in [-0.39, 0.29) is 5.69 Å². The van der Waals surface area contributed by atoms with Crippen molar-refractivity contribution in [3.63, 3.8) is 0 Å². The standard InChI is InChI=1S/C8H6F3N3O3S/c9-8(10,11)7(13-14-7)5-3-4(12)1-2-6(5)18(15,16)17/h1-3H,12H2,(H,15,16,17). The van der Waals surface area contributed by atoms with Gasteiger partial charge in [0.15, 0.2) is 0 Å². The highest BCUT2D eigenvalue weighted by molar-refractivity contribution is 7.85. The molecule has 10 heteroatoms. The fourth-order valence-corrected chi connectivity index (χ4v) is 2.19. The van der Waals surface area contributed by atoms with Crippen LogP contribution in [0.1, 0.15) is 5.56 Å². The Hall–Kier alpha value is -1.68. The van der Waals surface area contributed by atoms with Gasteiger partial charge in [-0.25, -0.2) is 0 Å². The average Bonchev–Trinajstić information content (AvgIpc) is 2.94. The van der Waals surface area contributed by atoms with Crippen molar-refractivity contribution in [2.45, 2.75) is 16.7 Å². The maximum Gasteiger partial charge on any atom is 0.442 e. The van der Waals surface area contributed by atoms with Crippen LogP contribution in [0.5, 0.6) is 0 Å². The molecule has 1 aromatic carbocycles. The van der Waals surface area contributed by atoms with Gasteiger partial charge in [-0.1, -0.05) is 0 Å². The molecule has 0 atom stereocenters. The van der Waals surface area contributed by atoms with Crippen LogP contribution in [0.15, 0.2) is 33.3 Å². The highest BCUT2D eigenvalue weighted by atomic mass is 32.2. The molecule has 0 saturated heterocycles. The van der Waals surface area contributed by atoms with Crippen molar-refractivity contribution in [2.24, 2.45) is 10.2 Å². The van der Waals surface area contributed by atoms with Crippen LogP contribution < -0.4 is 5.73 Å². The van der Waals surface area contributed by atoms with Gasteiger partial charge in [-0.05, 0) is 18.2 Å². The van der Waals surface area contributed by atoms with Gasteiger partial charge < -0.3 is 5.73 Å². The average molecular weight is 281 g/mol. The summed E-state index contributed by atoms with van der Waals surface area (Å²) in [4.78, 5) is -0.918. The lowest BCUT2D eigenvalue weighted by Crippen LogP contribution is -2.31. The smallest absolute Gasteiger partial charge is 0.399 e. The van der Waals surface area contributed by atoms with Gasteiger partial charge in [0.05, 0.1) is 0 Å². The molecule has 18 heavy (non-hydrogen) atoms. The second-order valence-electron chi connectivity index (χ2n) is 3.60. The number of nitrogen functional groups attached to an aromatic ring is 1. The van der Waals surface area contributed by atoms with E-state index in [4.69, 9.17) is 10.3 Å². The van der Waals surface area contributed by atoms with Crippen molar-refractivity contribution in [1.82, 2.24) is 0 Å². The first-order chi connectivity index (χ1) is 8.08. The Balaban J connectivity index is 2.69. The Morgan fingerprint density at radius 3 is 2.22 bits per heavy atom. The van der Waals surface area contributed by atoms with E-state index in [0.717, 1.165) is 18.2 Å². The molecule has 0 bridgehead atoms. The van der Waals surface area contributed by atoms with Gasteiger partial charge in [0, 0.05) is 11.3 Å². The van der Waals surface area contributed by atoms with Gasteiger partial charge in [0.1, 0.15) is 4.90 Å². The number of alkyl halides is 3. The lowest BCUT2D eigenvalue weighted by molar-refractivity contribution is -0.166. The monoisotopic (exact) mass is 281 g/mol. The van der Waals surface area contributed by atoms with E-state index in [1.54, 1.807) is 0 Å². The zero-order valence-electron chi connectivity index (χ0n) is 8.51. The third kappa shape index (κ3) is 1.82. The summed E-state index contributed by atoms with van der Waals surface area (Å²) in [5.74, 6) is 0. The van der Waals surface area contributed by atoms with E-state index >= 15 is 0 Å². The number of hydrogen-bond donors (Lipinski definition) is 2. The first-order valence-electron chi connectivity index (χ1n) is 4.46. The van der Waals surface area contributed by atoms with E-state index in [2.05, 4.69) is 10.2 Å². The Morgan fingerprint density at radius 2 is 1.83 bits per heavy atom. The predicted octanol–water partition coefficient (Wildman–Crippen LogP) is 1.70. The van der Waals surface area contributed by atoms with Crippen molar-refractivity contribution < 1.29 is 26.1 Å². The lowest BCUT2D eigenvalue weighted by atomic mass is 10.0. The van der Waals surface area contributed by atoms with Gasteiger partial charge in [0.2, 0.25) is 0 Å². The third-order valence-electron chi connectivity index (χ3n) is 2.35. The van der Waals surface area contributed by atoms with Crippen LogP contribution in [-0.2, 0) is 15.8 Å². The van der Waals surface area contributed by atoms with Gasteiger partial charge in [0.25, 0.3) is 10.1 Å². The number of halogens is 3. The molecule has 0 saturated carbocycles. The highest BCUT2D eigenvalue weighted by Crippen LogP contribution is 2.54. The van der Waals surface area contributed by atoms with E-state index in [9.17, 15) is 21.6 Å². The normalized spacial score (nSPS) is 17.8. The molecule has 3 N–H and O–H groups in total. The van der Waals surface area contributed by atoms with Crippen LogP contribution in [0.3, 0.4) is 0 Å². The third-order valence-corrected chi connectivity index (χ3v) is 3.26. The molecule has 0 radical (unpaired) electrons. The second-order valence-corrected chi connectivity index (χ2v) is 4.99. The largest absolute Gasteiger partial charge is 0.442 e. The fraction of sp³-hybridized carbons (Fsp3) is 0.250. The van der Waals surface area contributed by atoms with Crippen molar-refractivity contribution in [3.05, 3.63) is 23.8 Å². The van der Waals surface area contributed by atoms with Crippen molar-refractivity contribution >= 4 is 15.8 Å². The highest BCUT2D eigenvalue weighted by Gasteiger charge is 2.66. The van der Waals surface area contributed by atoms with E-state index in [1.165, 1.54) is 0 Å². The lowest BCUT2D eigenvalue weighted by Gasteiger charge is -2.17. The van der Waals surface area contributed by atoms with Gasteiger partial charge in [-0.15, -0.1) is 10.2 Å². The quantitative estimate of drug-likeness (QED) is 0.635. The summed E-state index contributed by atoms with van der Waals surface area (Å²) in [7, 11) is -4.83. The molecule has 1 aliphatic heterocycles. The molecule has 98 valence electrons. The molecule has 1 heterocycles. The van der Waals surface area contributed by atoms with Crippen LogP contribution in [0.4, 0.5) is 18.9 Å². The summed E-state index contributed by atoms with van der Waals surface area (Å²) < 4.78 is 69.3. The van der Waals surface area contributed by atoms with E-state index in [1.807, 2.05) is 0 Å². The zero-order valence-corrected chi connectivity index (χ0v) is 9.33. The first kappa shape index (κ1) is 12.8. The molecule has 0 spiro atoms. The van der Waals surface area contributed by atoms with Crippen molar-refractivity contribution in [3.8, 4) is 0 Å². The second kappa shape index (κ2) is 3.42. The van der Waals surface area contributed by atoms with Crippen LogP contribution in [-0.4, -0.2) is 19.1 Å². The molecule has 0 aromatic heterocycles. The fourth-order valence-electron chi connectivity index (χ4n) is 1.47. The minimum atomic E-state index is -4.90. The topological polar surface area (TPSA) is 105 Å². The minimum absolute atomic E-state index is 0.0988. The molecular weight excluding hydrogens is 275 g/mol. The molecule has 0 aliphatic carbocycles. The van der Waals surface area contributed by atoms with E-state index in [0.29, 0.717) is 0 Å². The van der Waals surface area contributed by atoms with Crippen LogP contribution in [0, 0.1) is 0 Å². The summed E-state index contributed by atoms with van der Waals surface area (Å²) >= 11 is 0. The molecule has 0 amide bonds. The number of benzene rings is 1. The van der Waals surface area contributed by atoms with Crippen molar-refractivity contribution in [2.75, 3.05) is 5.73 Å². The first-order valence-corrected chi connectivity index (χ1v) is 5.90. The molecule has 0 unspecified atom stereocenters. The Labute approximate surface area is 99.1 Å². The minimum Gasteiger partial charge on any atom is -0.399 e. The molecular formula is C8H6F3N3O3S. The summed E-state index contributed by atoms with van der Waals surface area (Å²) in [6, 6.07) is 2.60. The van der Waals surface area contributed by atoms with Gasteiger partial charge in [-0.2, -0.15) is 21.6 Å². The van der Waals surface area contributed by atoms with Gasteiger partial charge >= 0.3 is 11.8 Å². The van der Waals surface area contributed by atoms with Crippen LogP contribution >= 0.6 is 0 Å². The summed E-state index contributed by atoms with van der Waals surface area (Å²) in [5, 5.41) is 5.72. The van der Waals surface area contributed by atoms with Crippen LogP contribution in [0.2, 0.25) is 0 Å².